The normalized spacial score (nSPS) is 17.3. The fraction of sp³-hybridized carbons (Fsp3) is 0.250. The lowest BCUT2D eigenvalue weighted by Gasteiger charge is -2.28. The van der Waals surface area contributed by atoms with Crippen LogP contribution in [0.2, 0.25) is 0 Å². The van der Waals surface area contributed by atoms with Gasteiger partial charge in [0.2, 0.25) is 0 Å². The molecule has 43 heavy (non-hydrogen) atoms. The number of hydrogen-bond donors (Lipinski definition) is 3. The number of piperazine rings is 1. The Morgan fingerprint density at radius 2 is 1.81 bits per heavy atom. The third-order valence-electron chi connectivity index (χ3n) is 7.23. The maximum absolute atomic E-state index is 13.9. The lowest BCUT2D eigenvalue weighted by Crippen LogP contribution is -2.47. The Hall–Kier alpha value is -5.17. The number of allylic oxidation sites excluding steroid dienone is 1. The van der Waals surface area contributed by atoms with Crippen molar-refractivity contribution >= 4 is 46.1 Å². The van der Waals surface area contributed by atoms with E-state index in [1.54, 1.807) is 12.1 Å². The predicted octanol–water partition coefficient (Wildman–Crippen LogP) is 0.175. The van der Waals surface area contributed by atoms with Gasteiger partial charge in [-0.15, -0.1) is 11.3 Å². The van der Waals surface area contributed by atoms with Crippen LogP contribution in [0.4, 0.5) is 11.4 Å². The molecule has 1 fully saturated rings. The Bertz CT molecular complexity index is 1880. The van der Waals surface area contributed by atoms with Gasteiger partial charge in [-0.2, -0.15) is 5.26 Å². The van der Waals surface area contributed by atoms with Crippen LogP contribution in [0.15, 0.2) is 58.9 Å². The number of nitro benzene ring substituents is 2. The highest BCUT2D eigenvalue weighted by Crippen LogP contribution is 2.37. The first-order valence-corrected chi connectivity index (χ1v) is 14.1. The van der Waals surface area contributed by atoms with Crippen molar-refractivity contribution in [2.75, 3.05) is 39.3 Å². The van der Waals surface area contributed by atoms with E-state index in [2.05, 4.69) is 15.5 Å². The van der Waals surface area contributed by atoms with Crippen LogP contribution >= 0.6 is 11.3 Å². The van der Waals surface area contributed by atoms with E-state index in [-0.39, 0.29) is 49.6 Å². The summed E-state index contributed by atoms with van der Waals surface area (Å²) in [5, 5.41) is 39.2. The van der Waals surface area contributed by atoms with E-state index in [0.717, 1.165) is 42.1 Å². The number of fused-ring (bicyclic) bond motifs is 1. The lowest BCUT2D eigenvalue weighted by atomic mass is 9.83. The first kappa shape index (κ1) is 29.3. The number of non-ortho nitro benzene ring substituents is 2. The van der Waals surface area contributed by atoms with Gasteiger partial charge < -0.3 is 16.4 Å². The summed E-state index contributed by atoms with van der Waals surface area (Å²) < 4.78 is 1.38. The summed E-state index contributed by atoms with van der Waals surface area (Å²) in [4.78, 5) is 51.4. The standard InChI is InChI=1S/C28H26N8O6S/c29-16-21-23(18-4-2-6-20(15-18)36(41)42)24(26(37)32-9-12-33-10-7-31-8-11-33)28-34(25(21)30)27(38)22(43-28)14-17-3-1-5-19(13-17)35(39)40/h1-6,13-15,23,31H,7-12,30H2,(H,32,37)/b22-14-. The number of nitriles is 1. The second kappa shape index (κ2) is 12.4. The van der Waals surface area contributed by atoms with E-state index in [4.69, 9.17) is 5.73 Å². The first-order valence-electron chi connectivity index (χ1n) is 13.3. The summed E-state index contributed by atoms with van der Waals surface area (Å²) in [7, 11) is 0. The van der Waals surface area contributed by atoms with E-state index >= 15 is 0 Å². The van der Waals surface area contributed by atoms with Crippen molar-refractivity contribution in [3.8, 4) is 6.07 Å². The van der Waals surface area contributed by atoms with Gasteiger partial charge >= 0.3 is 0 Å². The van der Waals surface area contributed by atoms with Crippen LogP contribution in [-0.2, 0) is 4.79 Å². The summed E-state index contributed by atoms with van der Waals surface area (Å²) in [6.07, 6.45) is 1.45. The number of thiazole rings is 1. The van der Waals surface area contributed by atoms with Gasteiger partial charge in [0, 0.05) is 63.5 Å². The van der Waals surface area contributed by atoms with Crippen molar-refractivity contribution in [2.24, 2.45) is 5.73 Å². The smallest absolute Gasteiger partial charge is 0.274 e. The van der Waals surface area contributed by atoms with E-state index in [9.17, 15) is 35.1 Å². The van der Waals surface area contributed by atoms with Crippen molar-refractivity contribution in [1.82, 2.24) is 20.1 Å². The highest BCUT2D eigenvalue weighted by atomic mass is 32.1. The lowest BCUT2D eigenvalue weighted by molar-refractivity contribution is -0.385. The number of nitrogens with two attached hydrogens (primary N) is 1. The number of carbonyl (C=O) groups excluding carboxylic acids is 1. The maximum Gasteiger partial charge on any atom is 0.274 e. The number of rotatable bonds is 8. The quantitative estimate of drug-likeness (QED) is 0.236. The van der Waals surface area contributed by atoms with Gasteiger partial charge in [-0.05, 0) is 17.2 Å². The largest absolute Gasteiger partial charge is 0.384 e. The van der Waals surface area contributed by atoms with E-state index in [0.29, 0.717) is 12.1 Å². The number of nitro groups is 2. The topological polar surface area (TPSA) is 202 Å². The predicted molar refractivity (Wildman–Crippen MR) is 159 cm³/mol. The number of hydrogen-bond acceptors (Lipinski definition) is 11. The molecule has 2 aromatic carbocycles. The second-order valence-corrected chi connectivity index (χ2v) is 10.9. The van der Waals surface area contributed by atoms with Gasteiger partial charge in [-0.25, -0.2) is 0 Å². The minimum absolute atomic E-state index is 0.0485. The van der Waals surface area contributed by atoms with Crippen LogP contribution in [0, 0.1) is 31.6 Å². The molecule has 3 aromatic rings. The summed E-state index contributed by atoms with van der Waals surface area (Å²) in [6.45, 7) is 4.17. The number of amides is 1. The molecule has 0 saturated carbocycles. The summed E-state index contributed by atoms with van der Waals surface area (Å²) in [6, 6.07) is 13.3. The van der Waals surface area contributed by atoms with Crippen molar-refractivity contribution < 1.29 is 14.6 Å². The van der Waals surface area contributed by atoms with E-state index in [1.165, 1.54) is 42.5 Å². The van der Waals surface area contributed by atoms with Crippen molar-refractivity contribution in [1.29, 1.82) is 5.26 Å². The van der Waals surface area contributed by atoms with Gasteiger partial charge in [0.05, 0.1) is 37.5 Å². The molecule has 1 aromatic heterocycles. The molecule has 15 heteroatoms. The maximum atomic E-state index is 13.9. The van der Waals surface area contributed by atoms with Gasteiger partial charge in [-0.1, -0.05) is 24.3 Å². The highest BCUT2D eigenvalue weighted by Gasteiger charge is 2.36. The zero-order chi connectivity index (χ0) is 30.7. The molecule has 3 heterocycles. The van der Waals surface area contributed by atoms with Crippen molar-refractivity contribution in [3.63, 3.8) is 0 Å². The van der Waals surface area contributed by atoms with Crippen LogP contribution in [-0.4, -0.2) is 64.5 Å². The number of nitrogens with zero attached hydrogens (tertiary/aromatic N) is 5. The minimum Gasteiger partial charge on any atom is -0.384 e. The van der Waals surface area contributed by atoms with E-state index in [1.807, 2.05) is 6.07 Å². The van der Waals surface area contributed by atoms with Crippen LogP contribution in [0.1, 0.15) is 17.0 Å². The average molecular weight is 603 g/mol. The molecule has 14 nitrogen and oxygen atoms in total. The van der Waals surface area contributed by atoms with E-state index < -0.39 is 27.2 Å². The molecular formula is C28H26N8O6S. The Labute approximate surface area is 248 Å². The molecule has 0 radical (unpaired) electrons. The zero-order valence-corrected chi connectivity index (χ0v) is 23.5. The average Bonchev–Trinajstić information content (AvgIpc) is 3.32. The molecule has 5 rings (SSSR count). The molecule has 1 unspecified atom stereocenters. The van der Waals surface area contributed by atoms with Crippen LogP contribution < -0.4 is 31.1 Å². The molecular weight excluding hydrogens is 576 g/mol. The molecule has 1 saturated heterocycles. The molecule has 0 aliphatic carbocycles. The number of benzene rings is 2. The molecule has 220 valence electrons. The fourth-order valence-electron chi connectivity index (χ4n) is 5.16. The third-order valence-corrected chi connectivity index (χ3v) is 8.34. The molecule has 1 atom stereocenters. The highest BCUT2D eigenvalue weighted by molar-refractivity contribution is 7.07. The molecule has 2 aliphatic rings. The number of nitrogens with one attached hydrogen (secondary N) is 2. The van der Waals surface area contributed by atoms with Crippen LogP contribution in [0.5, 0.6) is 0 Å². The Morgan fingerprint density at radius 1 is 1.14 bits per heavy atom. The third kappa shape index (κ3) is 5.93. The number of aromatic nitrogens is 1. The van der Waals surface area contributed by atoms with Crippen molar-refractivity contribution in [2.45, 2.75) is 5.92 Å². The van der Waals surface area contributed by atoms with Gasteiger partial charge in [0.15, 0.2) is 0 Å². The van der Waals surface area contributed by atoms with Crippen LogP contribution in [0.25, 0.3) is 17.5 Å². The molecule has 0 bridgehead atoms. The zero-order valence-electron chi connectivity index (χ0n) is 22.7. The molecule has 1 amide bonds. The first-order chi connectivity index (χ1) is 20.7. The Morgan fingerprint density at radius 3 is 2.49 bits per heavy atom. The van der Waals surface area contributed by atoms with Gasteiger partial charge in [0.1, 0.15) is 10.5 Å². The van der Waals surface area contributed by atoms with Crippen molar-refractivity contribution in [3.05, 3.63) is 105 Å². The molecule has 2 aliphatic heterocycles. The SMILES string of the molecule is N#CC1=C(N)n2c(s/c(=C\c3cccc([N+](=O)[O-])c3)c2=O)=C(C(=O)NCCN2CCNCC2)C1c1cccc([N+](=O)[O-])c1. The second-order valence-electron chi connectivity index (χ2n) is 9.87. The number of carbonyl (C=O) groups is 1. The van der Waals surface area contributed by atoms with Gasteiger partial charge in [0.25, 0.3) is 22.8 Å². The van der Waals surface area contributed by atoms with Gasteiger partial charge in [-0.3, -0.25) is 39.3 Å². The fourth-order valence-corrected chi connectivity index (χ4v) is 6.33. The van der Waals surface area contributed by atoms with Crippen LogP contribution in [0.3, 0.4) is 0 Å². The minimum atomic E-state index is -1.09. The Kier molecular flexibility index (Phi) is 8.44. The molecule has 4 N–H and O–H groups in total. The monoisotopic (exact) mass is 602 g/mol. The summed E-state index contributed by atoms with van der Waals surface area (Å²) in [5.41, 5.74) is 5.99. The summed E-state index contributed by atoms with van der Waals surface area (Å²) in [5.74, 6) is -1.84. The molecule has 0 spiro atoms. The summed E-state index contributed by atoms with van der Waals surface area (Å²) >= 11 is 0.945. The Balaban J connectivity index is 1.69.